The summed E-state index contributed by atoms with van der Waals surface area (Å²) in [4.78, 5) is 4.36. The smallest absolute Gasteiger partial charge is 0.167 e. The van der Waals surface area contributed by atoms with E-state index in [9.17, 15) is 5.26 Å². The highest BCUT2D eigenvalue weighted by Gasteiger charge is 2.23. The molecule has 26 heavy (non-hydrogen) atoms. The lowest BCUT2D eigenvalue weighted by atomic mass is 9.86. The maximum Gasteiger partial charge on any atom is 0.167 e. The highest BCUT2D eigenvalue weighted by atomic mass is 35.5. The molecule has 3 aromatic rings. The third-order valence-corrected chi connectivity index (χ3v) is 4.90. The predicted octanol–water partition coefficient (Wildman–Crippen LogP) is 4.63. The Bertz CT molecular complexity index is 1030. The monoisotopic (exact) mass is 361 g/mol. The molecule has 0 saturated carbocycles. The van der Waals surface area contributed by atoms with E-state index < -0.39 is 6.04 Å². The van der Waals surface area contributed by atoms with Crippen LogP contribution in [0.15, 0.2) is 48.9 Å². The molecule has 2 unspecified atom stereocenters. The third-order valence-electron chi connectivity index (χ3n) is 4.67. The molecule has 4 rings (SSSR count). The van der Waals surface area contributed by atoms with Crippen molar-refractivity contribution in [2.45, 2.75) is 25.3 Å². The summed E-state index contributed by atoms with van der Waals surface area (Å²) in [5, 5.41) is 18.8. The minimum atomic E-state index is -0.590. The largest absolute Gasteiger partial charge is 0.264 e. The number of allylic oxidation sites excluding steroid dienone is 1. The fourth-order valence-electron chi connectivity index (χ4n) is 3.28. The molecule has 0 amide bonds. The van der Waals surface area contributed by atoms with Crippen LogP contribution >= 0.6 is 11.6 Å². The summed E-state index contributed by atoms with van der Waals surface area (Å²) >= 11 is 6.06. The van der Waals surface area contributed by atoms with Gasteiger partial charge < -0.3 is 0 Å². The molecular weight excluding hydrogens is 346 g/mol. The first kappa shape index (κ1) is 16.5. The van der Waals surface area contributed by atoms with Gasteiger partial charge in [-0.25, -0.2) is 4.68 Å². The summed E-state index contributed by atoms with van der Waals surface area (Å²) in [5.74, 6) is 0.388. The Kier molecular flexibility index (Phi) is 4.27. The van der Waals surface area contributed by atoms with Gasteiger partial charge in [0.15, 0.2) is 6.04 Å². The predicted molar refractivity (Wildman–Crippen MR) is 101 cm³/mol. The summed E-state index contributed by atoms with van der Waals surface area (Å²) in [6, 6.07) is 9.16. The van der Waals surface area contributed by atoms with E-state index in [0.29, 0.717) is 16.6 Å². The van der Waals surface area contributed by atoms with Gasteiger partial charge in [0.05, 0.1) is 12.3 Å². The van der Waals surface area contributed by atoms with Gasteiger partial charge in [-0.15, -0.1) is 5.10 Å². The van der Waals surface area contributed by atoms with Crippen molar-refractivity contribution in [2.24, 2.45) is 0 Å². The van der Waals surface area contributed by atoms with Gasteiger partial charge in [-0.1, -0.05) is 48.0 Å². The Morgan fingerprint density at radius 2 is 2.23 bits per heavy atom. The van der Waals surface area contributed by atoms with Crippen LogP contribution in [0.3, 0.4) is 0 Å². The van der Waals surface area contributed by atoms with Gasteiger partial charge in [0.2, 0.25) is 0 Å². The molecule has 128 valence electrons. The van der Waals surface area contributed by atoms with E-state index in [2.05, 4.69) is 40.4 Å². The molecule has 1 aromatic carbocycles. The van der Waals surface area contributed by atoms with Gasteiger partial charge in [0.1, 0.15) is 5.69 Å². The van der Waals surface area contributed by atoms with Gasteiger partial charge in [-0.05, 0) is 35.6 Å². The molecule has 1 aliphatic carbocycles. The first-order valence-electron chi connectivity index (χ1n) is 8.39. The van der Waals surface area contributed by atoms with Crippen molar-refractivity contribution in [3.8, 4) is 17.3 Å². The van der Waals surface area contributed by atoms with E-state index in [1.165, 1.54) is 5.56 Å². The molecule has 0 aliphatic heterocycles. The van der Waals surface area contributed by atoms with Crippen LogP contribution in [-0.2, 0) is 0 Å². The topological polar surface area (TPSA) is 67.4 Å². The summed E-state index contributed by atoms with van der Waals surface area (Å²) < 4.78 is 1.58. The van der Waals surface area contributed by atoms with Crippen LogP contribution in [0.5, 0.6) is 0 Å². The van der Waals surface area contributed by atoms with Gasteiger partial charge in [0, 0.05) is 28.5 Å². The third kappa shape index (κ3) is 2.89. The van der Waals surface area contributed by atoms with Crippen LogP contribution in [0.25, 0.3) is 17.3 Å². The fourth-order valence-corrected chi connectivity index (χ4v) is 3.47. The second kappa shape index (κ2) is 6.74. The zero-order valence-corrected chi connectivity index (χ0v) is 14.9. The Morgan fingerprint density at radius 1 is 1.35 bits per heavy atom. The van der Waals surface area contributed by atoms with Gasteiger partial charge in [-0.3, -0.25) is 4.98 Å². The van der Waals surface area contributed by atoms with E-state index in [1.54, 1.807) is 17.1 Å². The number of pyridine rings is 1. The van der Waals surface area contributed by atoms with Crippen molar-refractivity contribution < 1.29 is 0 Å². The normalized spacial score (nSPS) is 16.7. The lowest BCUT2D eigenvalue weighted by Crippen LogP contribution is -2.14. The Morgan fingerprint density at radius 3 is 3.04 bits per heavy atom. The van der Waals surface area contributed by atoms with Crippen LogP contribution in [0.2, 0.25) is 5.02 Å². The number of benzene rings is 1. The minimum Gasteiger partial charge on any atom is -0.264 e. The molecule has 0 N–H and O–H groups in total. The molecule has 6 heteroatoms. The molecule has 0 bridgehead atoms. The number of halogens is 1. The molecular formula is C20H16ClN5. The highest BCUT2D eigenvalue weighted by Crippen LogP contribution is 2.34. The quantitative estimate of drug-likeness (QED) is 0.682. The fraction of sp³-hybridized carbons (Fsp3) is 0.200. The molecule has 1 aliphatic rings. The molecule has 0 radical (unpaired) electrons. The van der Waals surface area contributed by atoms with Crippen molar-refractivity contribution in [3.63, 3.8) is 0 Å². The van der Waals surface area contributed by atoms with Crippen molar-refractivity contribution in [1.82, 2.24) is 20.0 Å². The molecule has 2 atom stereocenters. The molecule has 0 saturated heterocycles. The molecule has 0 spiro atoms. The SMILES string of the molecule is CC1CC=Cc2c1cncc2C(C#N)n1cc(-c2cccc(Cl)c2)nn1. The number of fused-ring (bicyclic) bond motifs is 1. The summed E-state index contributed by atoms with van der Waals surface area (Å²) in [6.07, 6.45) is 10.6. The number of hydrogen-bond donors (Lipinski definition) is 0. The summed E-state index contributed by atoms with van der Waals surface area (Å²) in [6.45, 7) is 2.17. The number of rotatable bonds is 3. The van der Waals surface area contributed by atoms with Crippen LogP contribution < -0.4 is 0 Å². The second-order valence-corrected chi connectivity index (χ2v) is 6.83. The Balaban J connectivity index is 1.76. The zero-order chi connectivity index (χ0) is 18.1. The average molecular weight is 362 g/mol. The summed E-state index contributed by atoms with van der Waals surface area (Å²) in [5.41, 5.74) is 4.61. The maximum atomic E-state index is 9.81. The number of aromatic nitrogens is 4. The lowest BCUT2D eigenvalue weighted by molar-refractivity contribution is 0.589. The molecule has 2 aromatic heterocycles. The zero-order valence-electron chi connectivity index (χ0n) is 14.2. The first-order chi connectivity index (χ1) is 12.7. The van der Waals surface area contributed by atoms with E-state index in [1.807, 2.05) is 30.5 Å². The number of hydrogen-bond acceptors (Lipinski definition) is 4. The average Bonchev–Trinajstić information content (AvgIpc) is 3.13. The van der Waals surface area contributed by atoms with E-state index in [4.69, 9.17) is 11.6 Å². The van der Waals surface area contributed by atoms with Gasteiger partial charge >= 0.3 is 0 Å². The number of nitriles is 1. The van der Waals surface area contributed by atoms with E-state index in [0.717, 1.165) is 23.1 Å². The van der Waals surface area contributed by atoms with Gasteiger partial charge in [0.25, 0.3) is 0 Å². The van der Waals surface area contributed by atoms with Crippen LogP contribution in [0.4, 0.5) is 0 Å². The van der Waals surface area contributed by atoms with E-state index in [-0.39, 0.29) is 0 Å². The van der Waals surface area contributed by atoms with Crippen molar-refractivity contribution in [2.75, 3.05) is 0 Å². The van der Waals surface area contributed by atoms with Crippen molar-refractivity contribution in [3.05, 3.63) is 70.6 Å². The molecule has 5 nitrogen and oxygen atoms in total. The minimum absolute atomic E-state index is 0.388. The summed E-state index contributed by atoms with van der Waals surface area (Å²) in [7, 11) is 0. The Hall–Kier alpha value is -2.97. The van der Waals surface area contributed by atoms with Crippen molar-refractivity contribution >= 4 is 17.7 Å². The van der Waals surface area contributed by atoms with Gasteiger partial charge in [-0.2, -0.15) is 5.26 Å². The van der Waals surface area contributed by atoms with Crippen molar-refractivity contribution in [1.29, 1.82) is 5.26 Å². The standard InChI is InChI=1S/C20H16ClN5/c1-13-4-2-7-16-17(13)10-23-11-18(16)20(9-22)26-12-19(24-25-26)14-5-3-6-15(21)8-14/h2-3,5-8,10-13,20H,4H2,1H3. The molecule has 0 fully saturated rings. The van der Waals surface area contributed by atoms with Crippen LogP contribution in [0, 0.1) is 11.3 Å². The number of nitrogens with zero attached hydrogens (tertiary/aromatic N) is 5. The maximum absolute atomic E-state index is 9.81. The molecule has 2 heterocycles. The Labute approximate surface area is 156 Å². The lowest BCUT2D eigenvalue weighted by Gasteiger charge is -2.21. The first-order valence-corrected chi connectivity index (χ1v) is 8.77. The second-order valence-electron chi connectivity index (χ2n) is 6.40. The van der Waals surface area contributed by atoms with Crippen LogP contribution in [-0.4, -0.2) is 20.0 Å². The van der Waals surface area contributed by atoms with Crippen LogP contribution in [0.1, 0.15) is 42.0 Å². The highest BCUT2D eigenvalue weighted by molar-refractivity contribution is 6.30. The van der Waals surface area contributed by atoms with E-state index >= 15 is 0 Å².